The standard InChI is InChI=1S/C21H20O5/c1-13-5-6-14(11-18(13)24-3)19-12-15-7-9-17(23-2)16(21(15)26-19)8-10-20(22)25-4/h5-12H,1-4H3. The minimum atomic E-state index is -0.445. The van der Waals surface area contributed by atoms with Gasteiger partial charge in [-0.1, -0.05) is 12.1 Å². The van der Waals surface area contributed by atoms with E-state index in [2.05, 4.69) is 4.74 Å². The summed E-state index contributed by atoms with van der Waals surface area (Å²) in [6.45, 7) is 1.99. The number of benzene rings is 2. The third kappa shape index (κ3) is 3.28. The van der Waals surface area contributed by atoms with Gasteiger partial charge in [-0.05, 0) is 42.8 Å². The monoisotopic (exact) mass is 352 g/mol. The normalized spacial score (nSPS) is 11.1. The number of fused-ring (bicyclic) bond motifs is 1. The van der Waals surface area contributed by atoms with Crippen molar-refractivity contribution in [2.45, 2.75) is 6.92 Å². The van der Waals surface area contributed by atoms with Crippen molar-refractivity contribution in [2.75, 3.05) is 21.3 Å². The summed E-state index contributed by atoms with van der Waals surface area (Å²) >= 11 is 0. The molecule has 0 saturated heterocycles. The number of esters is 1. The molecule has 1 heterocycles. The Morgan fingerprint density at radius 3 is 2.46 bits per heavy atom. The maximum absolute atomic E-state index is 11.5. The molecule has 0 aliphatic rings. The Bertz CT molecular complexity index is 981. The number of furan rings is 1. The first-order valence-electron chi connectivity index (χ1n) is 8.09. The van der Waals surface area contributed by atoms with E-state index < -0.39 is 5.97 Å². The number of hydrogen-bond acceptors (Lipinski definition) is 5. The largest absolute Gasteiger partial charge is 0.496 e. The summed E-state index contributed by atoms with van der Waals surface area (Å²) in [6, 6.07) is 11.6. The molecule has 0 saturated carbocycles. The van der Waals surface area contributed by atoms with Gasteiger partial charge in [0.2, 0.25) is 0 Å². The third-order valence-corrected chi connectivity index (χ3v) is 4.18. The fraction of sp³-hybridized carbons (Fsp3) is 0.190. The molecule has 0 atom stereocenters. The molecule has 3 rings (SSSR count). The summed E-state index contributed by atoms with van der Waals surface area (Å²) in [7, 11) is 4.55. The number of aryl methyl sites for hydroxylation is 1. The number of rotatable bonds is 5. The fourth-order valence-corrected chi connectivity index (χ4v) is 2.78. The second-order valence-electron chi connectivity index (χ2n) is 5.75. The highest BCUT2D eigenvalue weighted by Crippen LogP contribution is 2.36. The molecule has 0 unspecified atom stereocenters. The summed E-state index contributed by atoms with van der Waals surface area (Å²) in [5.41, 5.74) is 3.28. The SMILES string of the molecule is COC(=O)C=Cc1c(OC)ccc2cc(-c3ccc(C)c(OC)c3)oc12. The van der Waals surface area contributed by atoms with Crippen LogP contribution in [0.3, 0.4) is 0 Å². The molecule has 134 valence electrons. The molecule has 3 aromatic rings. The molecule has 0 aliphatic carbocycles. The van der Waals surface area contributed by atoms with E-state index in [9.17, 15) is 4.79 Å². The van der Waals surface area contributed by atoms with Gasteiger partial charge in [0, 0.05) is 17.0 Å². The minimum absolute atomic E-state index is 0.445. The van der Waals surface area contributed by atoms with E-state index in [1.165, 1.54) is 13.2 Å². The van der Waals surface area contributed by atoms with Crippen LogP contribution >= 0.6 is 0 Å². The van der Waals surface area contributed by atoms with Crippen LogP contribution in [0.5, 0.6) is 11.5 Å². The third-order valence-electron chi connectivity index (χ3n) is 4.18. The lowest BCUT2D eigenvalue weighted by Gasteiger charge is -2.06. The highest BCUT2D eigenvalue weighted by molar-refractivity contribution is 5.95. The number of hydrogen-bond donors (Lipinski definition) is 0. The molecule has 2 aromatic carbocycles. The molecule has 0 spiro atoms. The van der Waals surface area contributed by atoms with Crippen LogP contribution in [0.15, 0.2) is 46.9 Å². The van der Waals surface area contributed by atoms with Gasteiger partial charge in [0.25, 0.3) is 0 Å². The predicted molar refractivity (Wildman–Crippen MR) is 101 cm³/mol. The first-order chi connectivity index (χ1) is 12.6. The molecule has 0 N–H and O–H groups in total. The van der Waals surface area contributed by atoms with Gasteiger partial charge >= 0.3 is 5.97 Å². The van der Waals surface area contributed by atoms with Crippen LogP contribution in [0.1, 0.15) is 11.1 Å². The Morgan fingerprint density at radius 2 is 1.77 bits per heavy atom. The van der Waals surface area contributed by atoms with Crippen LogP contribution in [0.4, 0.5) is 0 Å². The molecule has 0 aliphatic heterocycles. The summed E-state index contributed by atoms with van der Waals surface area (Å²) in [5.74, 6) is 1.67. The molecule has 0 radical (unpaired) electrons. The Kier molecular flexibility index (Phi) is 4.98. The Labute approximate surface area is 151 Å². The van der Waals surface area contributed by atoms with Crippen molar-refractivity contribution >= 4 is 23.0 Å². The topological polar surface area (TPSA) is 57.9 Å². The lowest BCUT2D eigenvalue weighted by molar-refractivity contribution is -0.134. The molecule has 5 heteroatoms. The van der Waals surface area contributed by atoms with Gasteiger partial charge in [0.15, 0.2) is 0 Å². The first-order valence-corrected chi connectivity index (χ1v) is 8.09. The van der Waals surface area contributed by atoms with Gasteiger partial charge in [-0.15, -0.1) is 0 Å². The van der Waals surface area contributed by atoms with Crippen LogP contribution in [0.25, 0.3) is 28.4 Å². The molecule has 0 bridgehead atoms. The van der Waals surface area contributed by atoms with Gasteiger partial charge < -0.3 is 18.6 Å². The van der Waals surface area contributed by atoms with E-state index in [4.69, 9.17) is 13.9 Å². The van der Waals surface area contributed by atoms with Crippen molar-refractivity contribution in [3.05, 3.63) is 53.6 Å². The molecular formula is C21H20O5. The zero-order chi connectivity index (χ0) is 18.7. The van der Waals surface area contributed by atoms with Gasteiger partial charge in [-0.3, -0.25) is 0 Å². The zero-order valence-electron chi connectivity index (χ0n) is 15.2. The second kappa shape index (κ2) is 7.35. The van der Waals surface area contributed by atoms with Crippen molar-refractivity contribution in [2.24, 2.45) is 0 Å². The summed E-state index contributed by atoms with van der Waals surface area (Å²) in [5, 5.41) is 0.907. The van der Waals surface area contributed by atoms with Crippen LogP contribution in [0, 0.1) is 6.92 Å². The van der Waals surface area contributed by atoms with Crippen LogP contribution < -0.4 is 9.47 Å². The van der Waals surface area contributed by atoms with Crippen molar-refractivity contribution < 1.29 is 23.4 Å². The maximum atomic E-state index is 11.5. The van der Waals surface area contributed by atoms with E-state index in [0.717, 1.165) is 22.3 Å². The van der Waals surface area contributed by atoms with Gasteiger partial charge in [0.05, 0.1) is 26.9 Å². The fourth-order valence-electron chi connectivity index (χ4n) is 2.78. The van der Waals surface area contributed by atoms with Gasteiger partial charge in [-0.25, -0.2) is 4.79 Å². The number of ether oxygens (including phenoxy) is 3. The van der Waals surface area contributed by atoms with Gasteiger partial charge in [0.1, 0.15) is 22.8 Å². The molecule has 0 fully saturated rings. The average Bonchev–Trinajstić information content (AvgIpc) is 3.10. The summed E-state index contributed by atoms with van der Waals surface area (Å²) in [6.07, 6.45) is 2.98. The van der Waals surface area contributed by atoms with Crippen LogP contribution in [-0.4, -0.2) is 27.3 Å². The van der Waals surface area contributed by atoms with E-state index in [-0.39, 0.29) is 0 Å². The summed E-state index contributed by atoms with van der Waals surface area (Å²) < 4.78 is 21.5. The molecule has 5 nitrogen and oxygen atoms in total. The minimum Gasteiger partial charge on any atom is -0.496 e. The Morgan fingerprint density at radius 1 is 1.00 bits per heavy atom. The lowest BCUT2D eigenvalue weighted by Crippen LogP contribution is -1.94. The van der Waals surface area contributed by atoms with E-state index >= 15 is 0 Å². The highest BCUT2D eigenvalue weighted by atomic mass is 16.5. The Balaban J connectivity index is 2.14. The number of carbonyl (C=O) groups is 1. The predicted octanol–water partition coefficient (Wildman–Crippen LogP) is 4.61. The smallest absolute Gasteiger partial charge is 0.330 e. The number of methoxy groups -OCH3 is 3. The average molecular weight is 352 g/mol. The lowest BCUT2D eigenvalue weighted by atomic mass is 10.1. The van der Waals surface area contributed by atoms with Crippen LogP contribution in [-0.2, 0) is 9.53 Å². The molecular weight excluding hydrogens is 332 g/mol. The second-order valence-corrected chi connectivity index (χ2v) is 5.75. The van der Waals surface area contributed by atoms with Crippen molar-refractivity contribution in [3.63, 3.8) is 0 Å². The van der Waals surface area contributed by atoms with Gasteiger partial charge in [-0.2, -0.15) is 0 Å². The molecule has 26 heavy (non-hydrogen) atoms. The first kappa shape index (κ1) is 17.6. The van der Waals surface area contributed by atoms with E-state index in [1.807, 2.05) is 43.3 Å². The highest BCUT2D eigenvalue weighted by Gasteiger charge is 2.14. The quantitative estimate of drug-likeness (QED) is 0.496. The van der Waals surface area contributed by atoms with Crippen molar-refractivity contribution in [1.29, 1.82) is 0 Å². The molecule has 0 amide bonds. The Hall–Kier alpha value is -3.21. The summed E-state index contributed by atoms with van der Waals surface area (Å²) in [4.78, 5) is 11.5. The van der Waals surface area contributed by atoms with Crippen molar-refractivity contribution in [1.82, 2.24) is 0 Å². The maximum Gasteiger partial charge on any atom is 0.330 e. The molecule has 1 aromatic heterocycles. The number of carbonyl (C=O) groups excluding carboxylic acids is 1. The van der Waals surface area contributed by atoms with Crippen LogP contribution in [0.2, 0.25) is 0 Å². The van der Waals surface area contributed by atoms with E-state index in [1.54, 1.807) is 20.3 Å². The van der Waals surface area contributed by atoms with E-state index in [0.29, 0.717) is 22.7 Å². The van der Waals surface area contributed by atoms with Crippen molar-refractivity contribution in [3.8, 4) is 22.8 Å². The zero-order valence-corrected chi connectivity index (χ0v) is 15.2.